The monoisotopic (exact) mass is 336 g/mol. The summed E-state index contributed by atoms with van der Waals surface area (Å²) in [6.45, 7) is 0.479. The van der Waals surface area contributed by atoms with E-state index in [0.29, 0.717) is 12.2 Å². The van der Waals surface area contributed by atoms with Gasteiger partial charge < -0.3 is 10.3 Å². The lowest BCUT2D eigenvalue weighted by atomic mass is 10.1. The summed E-state index contributed by atoms with van der Waals surface area (Å²) in [6.07, 6.45) is 3.66. The number of nitrogens with zero attached hydrogens (tertiary/aromatic N) is 2. The van der Waals surface area contributed by atoms with Crippen molar-refractivity contribution in [3.63, 3.8) is 0 Å². The minimum atomic E-state index is -0.112. The fraction of sp³-hybridized carbons (Fsp3) is 0.111. The van der Waals surface area contributed by atoms with Crippen molar-refractivity contribution in [2.75, 3.05) is 6.54 Å². The maximum absolute atomic E-state index is 12.5. The quantitative estimate of drug-likeness (QED) is 0.586. The van der Waals surface area contributed by atoms with Crippen molar-refractivity contribution in [1.82, 2.24) is 20.1 Å². The van der Waals surface area contributed by atoms with Gasteiger partial charge in [0.15, 0.2) is 0 Å². The first kappa shape index (κ1) is 14.7. The Labute approximate surface area is 142 Å². The van der Waals surface area contributed by atoms with E-state index in [1.165, 1.54) is 0 Å². The van der Waals surface area contributed by atoms with E-state index in [-0.39, 0.29) is 11.9 Å². The third-order valence-electron chi connectivity index (χ3n) is 4.00. The summed E-state index contributed by atoms with van der Waals surface area (Å²) >= 11 is 1.64. The lowest BCUT2D eigenvalue weighted by Gasteiger charge is -2.17. The zero-order valence-corrected chi connectivity index (χ0v) is 13.7. The molecule has 3 aromatic heterocycles. The lowest BCUT2D eigenvalue weighted by molar-refractivity contribution is 0.0945. The van der Waals surface area contributed by atoms with Crippen molar-refractivity contribution >= 4 is 28.1 Å². The molecule has 24 heavy (non-hydrogen) atoms. The van der Waals surface area contributed by atoms with Crippen LogP contribution >= 0.6 is 11.3 Å². The number of hydrogen-bond donors (Lipinski definition) is 2. The molecule has 120 valence electrons. The maximum atomic E-state index is 12.5. The van der Waals surface area contributed by atoms with Crippen LogP contribution in [0.2, 0.25) is 0 Å². The number of aromatic amines is 1. The molecule has 0 spiro atoms. The lowest BCUT2D eigenvalue weighted by Crippen LogP contribution is -2.31. The van der Waals surface area contributed by atoms with Crippen LogP contribution in [0.5, 0.6) is 0 Å². The van der Waals surface area contributed by atoms with Crippen LogP contribution in [-0.2, 0) is 0 Å². The van der Waals surface area contributed by atoms with Gasteiger partial charge in [-0.15, -0.1) is 0 Å². The fourth-order valence-electron chi connectivity index (χ4n) is 2.77. The fourth-order valence-corrected chi connectivity index (χ4v) is 3.48. The van der Waals surface area contributed by atoms with E-state index >= 15 is 0 Å². The van der Waals surface area contributed by atoms with Gasteiger partial charge in [0.2, 0.25) is 0 Å². The van der Waals surface area contributed by atoms with E-state index in [0.717, 1.165) is 16.5 Å². The van der Waals surface area contributed by atoms with Crippen LogP contribution < -0.4 is 5.32 Å². The highest BCUT2D eigenvalue weighted by Gasteiger charge is 2.17. The number of thiophene rings is 1. The molecule has 4 aromatic rings. The van der Waals surface area contributed by atoms with Crippen molar-refractivity contribution in [1.29, 1.82) is 0 Å². The summed E-state index contributed by atoms with van der Waals surface area (Å²) in [7, 11) is 0. The van der Waals surface area contributed by atoms with E-state index < -0.39 is 0 Å². The molecule has 0 unspecified atom stereocenters. The van der Waals surface area contributed by atoms with E-state index in [4.69, 9.17) is 0 Å². The summed E-state index contributed by atoms with van der Waals surface area (Å²) in [5.41, 5.74) is 2.67. The molecule has 0 aliphatic carbocycles. The molecule has 4 rings (SSSR count). The van der Waals surface area contributed by atoms with Gasteiger partial charge in [-0.05, 0) is 40.6 Å². The van der Waals surface area contributed by atoms with Gasteiger partial charge in [-0.3, -0.25) is 9.48 Å². The molecule has 0 fully saturated rings. The normalized spacial score (nSPS) is 12.3. The molecule has 0 aliphatic heterocycles. The summed E-state index contributed by atoms with van der Waals surface area (Å²) < 4.78 is 1.87. The van der Waals surface area contributed by atoms with Gasteiger partial charge in [0.25, 0.3) is 5.91 Å². The van der Waals surface area contributed by atoms with Crippen LogP contribution in [0.3, 0.4) is 0 Å². The topological polar surface area (TPSA) is 62.7 Å². The number of para-hydroxylation sites is 1. The van der Waals surface area contributed by atoms with E-state index in [2.05, 4.69) is 26.8 Å². The Bertz CT molecular complexity index is 873. The first-order valence-corrected chi connectivity index (χ1v) is 8.63. The highest BCUT2D eigenvalue weighted by Crippen LogP contribution is 2.20. The maximum Gasteiger partial charge on any atom is 0.267 e. The molecule has 1 amide bonds. The van der Waals surface area contributed by atoms with Crippen LogP contribution in [-0.4, -0.2) is 27.2 Å². The van der Waals surface area contributed by atoms with Gasteiger partial charge in [0.1, 0.15) is 5.69 Å². The third-order valence-corrected chi connectivity index (χ3v) is 4.70. The number of hydrogen-bond acceptors (Lipinski definition) is 3. The molecular weight excluding hydrogens is 320 g/mol. The number of carbonyl (C=O) groups excluding carboxylic acids is 1. The Morgan fingerprint density at radius 2 is 2.21 bits per heavy atom. The second-order valence-corrected chi connectivity index (χ2v) is 6.32. The van der Waals surface area contributed by atoms with Gasteiger partial charge in [-0.1, -0.05) is 18.2 Å². The first-order valence-electron chi connectivity index (χ1n) is 7.68. The first-order chi connectivity index (χ1) is 11.8. The number of fused-ring (bicyclic) bond motifs is 1. The molecule has 3 heterocycles. The average molecular weight is 336 g/mol. The van der Waals surface area contributed by atoms with Crippen LogP contribution in [0.25, 0.3) is 10.9 Å². The third kappa shape index (κ3) is 2.83. The predicted molar refractivity (Wildman–Crippen MR) is 95.3 cm³/mol. The van der Waals surface area contributed by atoms with Crippen LogP contribution in [0.4, 0.5) is 0 Å². The number of rotatable bonds is 5. The van der Waals surface area contributed by atoms with Gasteiger partial charge >= 0.3 is 0 Å². The van der Waals surface area contributed by atoms with E-state index in [1.54, 1.807) is 17.5 Å². The van der Waals surface area contributed by atoms with Crippen LogP contribution in [0.15, 0.2) is 65.6 Å². The van der Waals surface area contributed by atoms with Crippen LogP contribution in [0.1, 0.15) is 22.1 Å². The van der Waals surface area contributed by atoms with Gasteiger partial charge in [0, 0.05) is 29.8 Å². The SMILES string of the molecule is O=C(NC[C@@H](c1ccsc1)n1cccn1)c1cc2ccccc2[nH]1. The largest absolute Gasteiger partial charge is 0.351 e. The number of nitrogens with one attached hydrogen (secondary N) is 2. The molecule has 0 saturated heterocycles. The molecule has 5 nitrogen and oxygen atoms in total. The standard InChI is InChI=1S/C18H16N4OS/c23-18(16-10-13-4-1-2-5-15(13)21-16)19-11-17(14-6-9-24-12-14)22-8-3-7-20-22/h1-10,12,17,21H,11H2,(H,19,23)/t17-/m0/s1. The van der Waals surface area contributed by atoms with Gasteiger partial charge in [-0.25, -0.2) is 0 Å². The van der Waals surface area contributed by atoms with Gasteiger partial charge in [0.05, 0.1) is 6.04 Å². The van der Waals surface area contributed by atoms with Crippen molar-refractivity contribution in [3.8, 4) is 0 Å². The predicted octanol–water partition coefficient (Wildman–Crippen LogP) is 3.45. The van der Waals surface area contributed by atoms with Crippen molar-refractivity contribution in [2.24, 2.45) is 0 Å². The van der Waals surface area contributed by atoms with E-state index in [9.17, 15) is 4.79 Å². The van der Waals surface area contributed by atoms with E-state index in [1.807, 2.05) is 52.7 Å². The van der Waals surface area contributed by atoms with Gasteiger partial charge in [-0.2, -0.15) is 16.4 Å². The summed E-state index contributed by atoms with van der Waals surface area (Å²) in [5.74, 6) is -0.112. The highest BCUT2D eigenvalue weighted by atomic mass is 32.1. The highest BCUT2D eigenvalue weighted by molar-refractivity contribution is 7.07. The molecule has 0 aliphatic rings. The molecule has 0 bridgehead atoms. The summed E-state index contributed by atoms with van der Waals surface area (Å²) in [6, 6.07) is 13.7. The minimum absolute atomic E-state index is 0.0143. The Kier molecular flexibility index (Phi) is 3.88. The number of benzene rings is 1. The Balaban J connectivity index is 1.52. The molecule has 2 N–H and O–H groups in total. The van der Waals surface area contributed by atoms with Crippen molar-refractivity contribution in [2.45, 2.75) is 6.04 Å². The Morgan fingerprint density at radius 3 is 2.96 bits per heavy atom. The summed E-state index contributed by atoms with van der Waals surface area (Å²) in [5, 5.41) is 12.5. The Morgan fingerprint density at radius 1 is 1.29 bits per heavy atom. The van der Waals surface area contributed by atoms with Crippen LogP contribution in [0, 0.1) is 0 Å². The molecule has 0 radical (unpaired) electrons. The number of aromatic nitrogens is 3. The molecule has 0 saturated carbocycles. The minimum Gasteiger partial charge on any atom is -0.351 e. The molecule has 1 aromatic carbocycles. The second kappa shape index (κ2) is 6.33. The number of carbonyl (C=O) groups is 1. The zero-order valence-electron chi connectivity index (χ0n) is 12.8. The second-order valence-electron chi connectivity index (χ2n) is 5.54. The zero-order chi connectivity index (χ0) is 16.4. The van der Waals surface area contributed by atoms with Crippen molar-refractivity contribution < 1.29 is 4.79 Å². The smallest absolute Gasteiger partial charge is 0.267 e. The molecule has 6 heteroatoms. The number of H-pyrrole nitrogens is 1. The average Bonchev–Trinajstić information content (AvgIpc) is 3.35. The molecule has 1 atom stereocenters. The van der Waals surface area contributed by atoms with Crippen molar-refractivity contribution in [3.05, 3.63) is 76.9 Å². The number of amides is 1. The summed E-state index contributed by atoms with van der Waals surface area (Å²) in [4.78, 5) is 15.6. The molecular formula is C18H16N4OS. The Hall–Kier alpha value is -2.86.